The molecule has 4 N–H and O–H groups in total. The van der Waals surface area contributed by atoms with E-state index < -0.39 is 6.10 Å². The van der Waals surface area contributed by atoms with Crippen LogP contribution >= 0.6 is 22.7 Å². The first-order valence-electron chi connectivity index (χ1n) is 15.8. The standard InChI is InChI=1S/C32H46N4O5S2/c1-23-19-27(42-21-23)30(39)36-17-18-41-32(22-36)11-15-35(16-12-32)14-8-6-4-2-3-5-7-13-33-20-26(38)24-9-10-25(37)28-29(24)43-31(40)34-28/h9-10,19,21,26,33,37-38H,2-8,11-18,20,22H2,1H3,(H,34,40). The van der Waals surface area contributed by atoms with Gasteiger partial charge in [0.05, 0.1) is 34.4 Å². The van der Waals surface area contributed by atoms with E-state index >= 15 is 0 Å². The van der Waals surface area contributed by atoms with Crippen LogP contribution in [0.1, 0.15) is 84.7 Å². The molecule has 2 aromatic heterocycles. The van der Waals surface area contributed by atoms with Crippen molar-refractivity contribution < 1.29 is 19.7 Å². The molecule has 3 aromatic rings. The molecule has 0 bridgehead atoms. The molecule has 2 saturated heterocycles. The van der Waals surface area contributed by atoms with Gasteiger partial charge in [-0.3, -0.25) is 9.59 Å². The number of H-pyrrole nitrogens is 1. The zero-order valence-electron chi connectivity index (χ0n) is 25.2. The van der Waals surface area contributed by atoms with E-state index in [0.29, 0.717) is 42.0 Å². The number of amides is 1. The Labute approximate surface area is 261 Å². The number of nitrogens with one attached hydrogen (secondary N) is 2. The summed E-state index contributed by atoms with van der Waals surface area (Å²) in [5.74, 6) is 0.182. The van der Waals surface area contributed by atoms with Gasteiger partial charge >= 0.3 is 4.87 Å². The predicted molar refractivity (Wildman–Crippen MR) is 174 cm³/mol. The van der Waals surface area contributed by atoms with E-state index in [0.717, 1.165) is 67.2 Å². The smallest absolute Gasteiger partial charge is 0.305 e. The Hall–Kier alpha value is -2.28. The van der Waals surface area contributed by atoms with Gasteiger partial charge in [0, 0.05) is 31.7 Å². The molecular weight excluding hydrogens is 585 g/mol. The van der Waals surface area contributed by atoms with E-state index in [-0.39, 0.29) is 22.1 Å². The lowest BCUT2D eigenvalue weighted by atomic mass is 9.89. The number of thiazole rings is 1. The number of nitrogens with zero attached hydrogens (tertiary/aromatic N) is 2. The third kappa shape index (κ3) is 8.46. The fraction of sp³-hybridized carbons (Fsp3) is 0.625. The second-order valence-corrected chi connectivity index (χ2v) is 14.1. The number of hydrogen-bond donors (Lipinski definition) is 4. The quantitative estimate of drug-likeness (QED) is 0.185. The molecule has 11 heteroatoms. The van der Waals surface area contributed by atoms with Gasteiger partial charge < -0.3 is 35.1 Å². The number of aryl methyl sites for hydroxylation is 1. The number of aromatic nitrogens is 1. The van der Waals surface area contributed by atoms with E-state index in [1.807, 2.05) is 23.3 Å². The molecule has 0 radical (unpaired) electrons. The van der Waals surface area contributed by atoms with Gasteiger partial charge in [-0.1, -0.05) is 49.5 Å². The SMILES string of the molecule is Cc1csc(C(=O)N2CCOC3(CCN(CCCCCCCCCNCC(O)c4ccc(O)c5[nH]c(=O)sc45)CC3)C2)c1. The monoisotopic (exact) mass is 630 g/mol. The molecule has 2 aliphatic heterocycles. The molecule has 1 aromatic carbocycles. The number of ether oxygens (including phenoxy) is 1. The molecule has 1 unspecified atom stereocenters. The minimum Gasteiger partial charge on any atom is -0.506 e. The van der Waals surface area contributed by atoms with Crippen molar-refractivity contribution in [3.05, 3.63) is 49.3 Å². The number of likely N-dealkylation sites (tertiary alicyclic amines) is 1. The van der Waals surface area contributed by atoms with Crippen molar-refractivity contribution >= 4 is 38.8 Å². The van der Waals surface area contributed by atoms with Gasteiger partial charge in [-0.15, -0.1) is 11.3 Å². The summed E-state index contributed by atoms with van der Waals surface area (Å²) in [4.78, 5) is 32.5. The van der Waals surface area contributed by atoms with Gasteiger partial charge in [-0.2, -0.15) is 0 Å². The molecule has 4 heterocycles. The molecule has 0 aliphatic carbocycles. The van der Waals surface area contributed by atoms with Crippen LogP contribution < -0.4 is 10.2 Å². The summed E-state index contributed by atoms with van der Waals surface area (Å²) in [7, 11) is 0. The Morgan fingerprint density at radius 1 is 1.12 bits per heavy atom. The van der Waals surface area contributed by atoms with E-state index in [2.05, 4.69) is 15.2 Å². The van der Waals surface area contributed by atoms with Gasteiger partial charge in [-0.05, 0) is 68.8 Å². The van der Waals surface area contributed by atoms with E-state index in [1.54, 1.807) is 17.4 Å². The topological polar surface area (TPSA) is 118 Å². The summed E-state index contributed by atoms with van der Waals surface area (Å²) in [6.07, 6.45) is 9.76. The van der Waals surface area contributed by atoms with Gasteiger partial charge in [0.15, 0.2) is 0 Å². The fourth-order valence-electron chi connectivity index (χ4n) is 6.32. The number of benzene rings is 1. The minimum absolute atomic E-state index is 0.0263. The normalized spacial score (nSPS) is 18.0. The van der Waals surface area contributed by atoms with Crippen molar-refractivity contribution in [2.75, 3.05) is 52.4 Å². The van der Waals surface area contributed by atoms with Crippen LogP contribution in [0.5, 0.6) is 5.75 Å². The minimum atomic E-state index is -0.727. The molecule has 9 nitrogen and oxygen atoms in total. The summed E-state index contributed by atoms with van der Waals surface area (Å²) in [5, 5.41) is 25.9. The number of aliphatic hydroxyl groups is 1. The first kappa shape index (κ1) is 32.1. The maximum atomic E-state index is 13.0. The van der Waals surface area contributed by atoms with Crippen molar-refractivity contribution in [2.45, 2.75) is 76.4 Å². The van der Waals surface area contributed by atoms with Crippen LogP contribution in [0.4, 0.5) is 0 Å². The van der Waals surface area contributed by atoms with Crippen LogP contribution in [0, 0.1) is 6.92 Å². The molecule has 2 fully saturated rings. The van der Waals surface area contributed by atoms with Crippen LogP contribution in [0.2, 0.25) is 0 Å². The lowest BCUT2D eigenvalue weighted by molar-refractivity contribution is -0.127. The van der Waals surface area contributed by atoms with Gasteiger partial charge in [-0.25, -0.2) is 0 Å². The number of thiophene rings is 1. The van der Waals surface area contributed by atoms with Gasteiger partial charge in [0.25, 0.3) is 5.91 Å². The lowest BCUT2D eigenvalue weighted by Crippen LogP contribution is -2.58. The fourth-order valence-corrected chi connectivity index (χ4v) is 8.11. The van der Waals surface area contributed by atoms with E-state index in [9.17, 15) is 19.8 Å². The zero-order valence-corrected chi connectivity index (χ0v) is 26.9. The number of aromatic amines is 1. The Kier molecular flexibility index (Phi) is 11.3. The summed E-state index contributed by atoms with van der Waals surface area (Å²) in [6, 6.07) is 5.20. The van der Waals surface area contributed by atoms with Crippen LogP contribution in [-0.4, -0.2) is 88.9 Å². The second-order valence-electron chi connectivity index (χ2n) is 12.2. The number of fused-ring (bicyclic) bond motifs is 1. The number of phenols is 1. The summed E-state index contributed by atoms with van der Waals surface area (Å²) < 4.78 is 6.90. The maximum Gasteiger partial charge on any atom is 0.305 e. The molecule has 1 spiro atoms. The average molecular weight is 631 g/mol. The van der Waals surface area contributed by atoms with Crippen LogP contribution in [0.15, 0.2) is 28.4 Å². The number of carbonyl (C=O) groups is 1. The lowest BCUT2D eigenvalue weighted by Gasteiger charge is -2.47. The molecule has 236 valence electrons. The van der Waals surface area contributed by atoms with Crippen molar-refractivity contribution in [3.8, 4) is 5.75 Å². The van der Waals surface area contributed by atoms with Crippen molar-refractivity contribution in [3.63, 3.8) is 0 Å². The number of aliphatic hydroxyl groups excluding tert-OH is 1. The Morgan fingerprint density at radius 3 is 2.60 bits per heavy atom. The number of aromatic hydroxyl groups is 1. The van der Waals surface area contributed by atoms with E-state index in [4.69, 9.17) is 4.74 Å². The molecular formula is C32H46N4O5S2. The number of rotatable bonds is 14. The number of piperidine rings is 1. The van der Waals surface area contributed by atoms with Gasteiger partial charge in [0.1, 0.15) is 11.3 Å². The zero-order chi connectivity index (χ0) is 30.2. The Morgan fingerprint density at radius 2 is 1.86 bits per heavy atom. The first-order chi connectivity index (χ1) is 20.8. The third-order valence-corrected chi connectivity index (χ3v) is 10.8. The highest BCUT2D eigenvalue weighted by atomic mass is 32.1. The molecule has 43 heavy (non-hydrogen) atoms. The van der Waals surface area contributed by atoms with Crippen molar-refractivity contribution in [2.24, 2.45) is 0 Å². The van der Waals surface area contributed by atoms with Crippen molar-refractivity contribution in [1.29, 1.82) is 0 Å². The predicted octanol–water partition coefficient (Wildman–Crippen LogP) is 5.03. The van der Waals surface area contributed by atoms with Gasteiger partial charge in [0.2, 0.25) is 0 Å². The van der Waals surface area contributed by atoms with E-state index in [1.165, 1.54) is 44.6 Å². The van der Waals surface area contributed by atoms with Crippen LogP contribution in [-0.2, 0) is 4.74 Å². The molecule has 1 amide bonds. The molecule has 2 aliphatic rings. The number of morpholine rings is 1. The Bertz CT molecular complexity index is 1390. The summed E-state index contributed by atoms with van der Waals surface area (Å²) in [6.45, 7) is 8.58. The van der Waals surface area contributed by atoms with Crippen molar-refractivity contribution in [1.82, 2.24) is 20.1 Å². The maximum absolute atomic E-state index is 13.0. The van der Waals surface area contributed by atoms with Crippen LogP contribution in [0.3, 0.4) is 0 Å². The second kappa shape index (κ2) is 15.1. The number of unbranched alkanes of at least 4 members (excludes halogenated alkanes) is 6. The molecule has 1 atom stereocenters. The molecule has 0 saturated carbocycles. The number of hydrogen-bond acceptors (Lipinski definition) is 9. The first-order valence-corrected chi connectivity index (χ1v) is 17.5. The summed E-state index contributed by atoms with van der Waals surface area (Å²) in [5.41, 5.74) is 2.04. The molecule has 5 rings (SSSR count). The number of phenolic OH excluding ortho intramolecular Hbond substituents is 1. The highest BCUT2D eigenvalue weighted by molar-refractivity contribution is 7.16. The number of carbonyl (C=O) groups excluding carboxylic acids is 1. The van der Waals surface area contributed by atoms with Crippen LogP contribution in [0.25, 0.3) is 10.2 Å². The highest BCUT2D eigenvalue weighted by Crippen LogP contribution is 2.32. The summed E-state index contributed by atoms with van der Waals surface area (Å²) >= 11 is 2.56. The average Bonchev–Trinajstić information content (AvgIpc) is 3.62. The third-order valence-electron chi connectivity index (χ3n) is 8.86. The Balaban J connectivity index is 0.883. The largest absolute Gasteiger partial charge is 0.506 e. The highest BCUT2D eigenvalue weighted by Gasteiger charge is 2.41.